The highest BCUT2D eigenvalue weighted by molar-refractivity contribution is 5.91. The molecule has 4 N–H and O–H groups in total. The zero-order valence-electron chi connectivity index (χ0n) is 11.0. The number of benzene rings is 1. The number of aromatic nitrogens is 1. The van der Waals surface area contributed by atoms with Crippen LogP contribution in [0.15, 0.2) is 36.4 Å². The fourth-order valence-corrected chi connectivity index (χ4v) is 1.58. The number of nitrogen functional groups attached to an aromatic ring is 1. The number of pyridine rings is 1. The van der Waals surface area contributed by atoms with E-state index in [1.54, 1.807) is 18.2 Å². The Morgan fingerprint density at radius 1 is 1.25 bits per heavy atom. The first-order valence-electron chi connectivity index (χ1n) is 6.07. The van der Waals surface area contributed by atoms with E-state index < -0.39 is 5.91 Å². The van der Waals surface area contributed by atoms with Crippen molar-refractivity contribution in [2.24, 2.45) is 5.73 Å². The second kappa shape index (κ2) is 5.92. The van der Waals surface area contributed by atoms with Gasteiger partial charge in [-0.1, -0.05) is 6.07 Å². The molecule has 2 aromatic rings. The zero-order chi connectivity index (χ0) is 14.5. The van der Waals surface area contributed by atoms with Gasteiger partial charge < -0.3 is 20.9 Å². The van der Waals surface area contributed by atoms with E-state index in [-0.39, 0.29) is 11.6 Å². The van der Waals surface area contributed by atoms with E-state index >= 15 is 0 Å². The fourth-order valence-electron chi connectivity index (χ4n) is 1.58. The maximum atomic E-state index is 11.1. The zero-order valence-corrected chi connectivity index (χ0v) is 11.0. The molecular formula is C14H15N3O3. The average Bonchev–Trinajstić information content (AvgIpc) is 2.42. The molecular weight excluding hydrogens is 258 g/mol. The van der Waals surface area contributed by atoms with Crippen LogP contribution >= 0.6 is 0 Å². The summed E-state index contributed by atoms with van der Waals surface area (Å²) in [4.78, 5) is 15.1. The molecule has 0 radical (unpaired) electrons. The summed E-state index contributed by atoms with van der Waals surface area (Å²) in [6.45, 7) is 2.45. The summed E-state index contributed by atoms with van der Waals surface area (Å²) in [6, 6.07) is 10.0. The molecule has 20 heavy (non-hydrogen) atoms. The first-order valence-corrected chi connectivity index (χ1v) is 6.07. The highest BCUT2D eigenvalue weighted by atomic mass is 16.5. The molecule has 0 saturated heterocycles. The van der Waals surface area contributed by atoms with Crippen LogP contribution in [0, 0.1) is 0 Å². The van der Waals surface area contributed by atoms with Crippen LogP contribution in [-0.4, -0.2) is 17.5 Å². The van der Waals surface area contributed by atoms with Crippen molar-refractivity contribution in [3.8, 4) is 17.4 Å². The lowest BCUT2D eigenvalue weighted by molar-refractivity contribution is 0.0995. The second-order valence-electron chi connectivity index (χ2n) is 3.97. The third kappa shape index (κ3) is 3.17. The summed E-state index contributed by atoms with van der Waals surface area (Å²) >= 11 is 0. The molecule has 1 heterocycles. The van der Waals surface area contributed by atoms with Gasteiger partial charge in [0.2, 0.25) is 5.88 Å². The number of nitrogens with two attached hydrogens (primary N) is 2. The minimum atomic E-state index is -0.641. The maximum Gasteiger partial charge on any atom is 0.267 e. The molecule has 0 aliphatic carbocycles. The van der Waals surface area contributed by atoms with Crippen LogP contribution in [0.3, 0.4) is 0 Å². The molecule has 2 rings (SSSR count). The number of ether oxygens (including phenoxy) is 2. The number of rotatable bonds is 5. The van der Waals surface area contributed by atoms with Gasteiger partial charge in [-0.15, -0.1) is 0 Å². The SMILES string of the molecule is CCOc1cccc(Oc2nc(C(N)=O)ccc2N)c1. The molecule has 0 aliphatic heterocycles. The van der Waals surface area contributed by atoms with E-state index in [9.17, 15) is 4.79 Å². The number of primary amides is 1. The predicted octanol–water partition coefficient (Wildman–Crippen LogP) is 1.95. The lowest BCUT2D eigenvalue weighted by atomic mass is 10.3. The van der Waals surface area contributed by atoms with Gasteiger partial charge in [0.05, 0.1) is 12.3 Å². The van der Waals surface area contributed by atoms with Gasteiger partial charge in [0.25, 0.3) is 5.91 Å². The first kappa shape index (κ1) is 13.7. The van der Waals surface area contributed by atoms with Gasteiger partial charge in [0.1, 0.15) is 17.2 Å². The van der Waals surface area contributed by atoms with Crippen molar-refractivity contribution in [2.45, 2.75) is 6.92 Å². The van der Waals surface area contributed by atoms with Gasteiger partial charge in [-0.2, -0.15) is 0 Å². The summed E-state index contributed by atoms with van der Waals surface area (Å²) < 4.78 is 10.9. The molecule has 1 aromatic heterocycles. The van der Waals surface area contributed by atoms with Crippen LogP contribution in [0.5, 0.6) is 17.4 Å². The largest absolute Gasteiger partial charge is 0.494 e. The number of nitrogens with zero attached hydrogens (tertiary/aromatic N) is 1. The lowest BCUT2D eigenvalue weighted by Crippen LogP contribution is -2.13. The average molecular weight is 273 g/mol. The topological polar surface area (TPSA) is 100 Å². The summed E-state index contributed by atoms with van der Waals surface area (Å²) in [5, 5.41) is 0. The molecule has 0 bridgehead atoms. The number of hydrogen-bond acceptors (Lipinski definition) is 5. The van der Waals surface area contributed by atoms with Crippen molar-refractivity contribution >= 4 is 11.6 Å². The molecule has 0 saturated carbocycles. The molecule has 0 unspecified atom stereocenters. The van der Waals surface area contributed by atoms with Crippen molar-refractivity contribution in [3.05, 3.63) is 42.1 Å². The van der Waals surface area contributed by atoms with Crippen molar-refractivity contribution in [1.82, 2.24) is 4.98 Å². The molecule has 0 aliphatic rings. The molecule has 6 nitrogen and oxygen atoms in total. The highest BCUT2D eigenvalue weighted by Crippen LogP contribution is 2.27. The molecule has 0 spiro atoms. The number of carbonyl (C=O) groups excluding carboxylic acids is 1. The summed E-state index contributed by atoms with van der Waals surface area (Å²) in [6.07, 6.45) is 0. The van der Waals surface area contributed by atoms with Crippen LogP contribution in [-0.2, 0) is 0 Å². The van der Waals surface area contributed by atoms with Gasteiger partial charge in [0.15, 0.2) is 0 Å². The standard InChI is InChI=1S/C14H15N3O3/c1-2-19-9-4-3-5-10(8-9)20-14-11(15)6-7-12(17-14)13(16)18/h3-8H,2,15H2,1H3,(H2,16,18). The predicted molar refractivity (Wildman–Crippen MR) is 74.9 cm³/mol. The van der Waals surface area contributed by atoms with Gasteiger partial charge in [0, 0.05) is 6.07 Å². The fraction of sp³-hybridized carbons (Fsp3) is 0.143. The number of hydrogen-bond donors (Lipinski definition) is 2. The number of anilines is 1. The Morgan fingerprint density at radius 3 is 2.70 bits per heavy atom. The van der Waals surface area contributed by atoms with Crippen molar-refractivity contribution in [1.29, 1.82) is 0 Å². The van der Waals surface area contributed by atoms with Crippen molar-refractivity contribution in [2.75, 3.05) is 12.3 Å². The maximum absolute atomic E-state index is 11.1. The van der Waals surface area contributed by atoms with Crippen LogP contribution in [0.4, 0.5) is 5.69 Å². The van der Waals surface area contributed by atoms with E-state index in [0.717, 1.165) is 0 Å². The minimum Gasteiger partial charge on any atom is -0.494 e. The Morgan fingerprint density at radius 2 is 2.00 bits per heavy atom. The normalized spacial score (nSPS) is 10.1. The number of amides is 1. The third-order valence-electron chi connectivity index (χ3n) is 2.47. The van der Waals surface area contributed by atoms with Gasteiger partial charge in [-0.3, -0.25) is 4.79 Å². The molecule has 1 amide bonds. The first-order chi connectivity index (χ1) is 9.60. The molecule has 104 valence electrons. The smallest absolute Gasteiger partial charge is 0.267 e. The molecule has 0 fully saturated rings. The molecule has 6 heteroatoms. The Balaban J connectivity index is 2.27. The lowest BCUT2D eigenvalue weighted by Gasteiger charge is -2.09. The Bertz CT molecular complexity index is 629. The summed E-state index contributed by atoms with van der Waals surface area (Å²) in [7, 11) is 0. The monoisotopic (exact) mass is 273 g/mol. The molecule has 1 aromatic carbocycles. The van der Waals surface area contributed by atoms with E-state index in [1.807, 2.05) is 13.0 Å². The summed E-state index contributed by atoms with van der Waals surface area (Å²) in [5.74, 6) is 0.680. The quantitative estimate of drug-likeness (QED) is 0.867. The second-order valence-corrected chi connectivity index (χ2v) is 3.97. The van der Waals surface area contributed by atoms with Crippen molar-refractivity contribution in [3.63, 3.8) is 0 Å². The highest BCUT2D eigenvalue weighted by Gasteiger charge is 2.09. The van der Waals surface area contributed by atoms with Gasteiger partial charge in [-0.05, 0) is 31.2 Å². The van der Waals surface area contributed by atoms with Crippen LogP contribution in [0.1, 0.15) is 17.4 Å². The van der Waals surface area contributed by atoms with E-state index in [0.29, 0.717) is 23.8 Å². The van der Waals surface area contributed by atoms with Crippen LogP contribution in [0.2, 0.25) is 0 Å². The van der Waals surface area contributed by atoms with Crippen LogP contribution < -0.4 is 20.9 Å². The van der Waals surface area contributed by atoms with E-state index in [4.69, 9.17) is 20.9 Å². The van der Waals surface area contributed by atoms with E-state index in [1.165, 1.54) is 12.1 Å². The van der Waals surface area contributed by atoms with Gasteiger partial charge in [-0.25, -0.2) is 4.98 Å². The Labute approximate surface area is 116 Å². The molecule has 0 atom stereocenters. The van der Waals surface area contributed by atoms with Crippen molar-refractivity contribution < 1.29 is 14.3 Å². The Kier molecular flexibility index (Phi) is 4.05. The van der Waals surface area contributed by atoms with Crippen LogP contribution in [0.25, 0.3) is 0 Å². The Hall–Kier alpha value is -2.76. The summed E-state index contributed by atoms with van der Waals surface area (Å²) in [5.41, 5.74) is 11.3. The minimum absolute atomic E-state index is 0.0927. The van der Waals surface area contributed by atoms with E-state index in [2.05, 4.69) is 4.98 Å². The number of carbonyl (C=O) groups is 1. The third-order valence-corrected chi connectivity index (χ3v) is 2.47. The van der Waals surface area contributed by atoms with Gasteiger partial charge >= 0.3 is 0 Å².